The molecule has 1 aliphatic carbocycles. The Morgan fingerprint density at radius 2 is 1.53 bits per heavy atom. The van der Waals surface area contributed by atoms with Crippen LogP contribution in [0.1, 0.15) is 56.2 Å². The van der Waals surface area contributed by atoms with E-state index in [4.69, 9.17) is 26.6 Å². The van der Waals surface area contributed by atoms with Gasteiger partial charge in [0.15, 0.2) is 0 Å². The Balaban J connectivity index is 0.00000118. The number of hydrogen-bond donors (Lipinski definition) is 3. The number of benzene rings is 2. The summed E-state index contributed by atoms with van der Waals surface area (Å²) in [6, 6.07) is 9.60. The highest BCUT2D eigenvalue weighted by atomic mass is 35.5. The fraction of sp³-hybridized carbons (Fsp3) is 0.462. The predicted molar refractivity (Wildman–Crippen MR) is 131 cm³/mol. The van der Waals surface area contributed by atoms with Crippen molar-refractivity contribution < 1.29 is 46.1 Å². The van der Waals surface area contributed by atoms with Gasteiger partial charge in [-0.2, -0.15) is 26.3 Å². The smallest absolute Gasteiger partial charge is 0.450 e. The van der Waals surface area contributed by atoms with Gasteiger partial charge in [0, 0.05) is 0 Å². The third kappa shape index (κ3) is 8.28. The first-order chi connectivity index (χ1) is 17.3. The molecule has 3 rings (SSSR count). The molecule has 2 atom stereocenters. The summed E-state index contributed by atoms with van der Waals surface area (Å²) >= 11 is 6.18. The Morgan fingerprint density at radius 1 is 1.00 bits per heavy atom. The second-order valence-electron chi connectivity index (χ2n) is 9.79. The molecular formula is C26H28ClF6NO4. The highest BCUT2D eigenvalue weighted by molar-refractivity contribution is 6.33. The number of carbonyl (C=O) groups excluding carboxylic acids is 1. The third-order valence-electron chi connectivity index (χ3n) is 6.51. The first kappa shape index (κ1) is 31.3. The molecule has 0 radical (unpaired) electrons. The summed E-state index contributed by atoms with van der Waals surface area (Å²) in [5, 5.41) is 16.6. The summed E-state index contributed by atoms with van der Waals surface area (Å²) < 4.78 is 81.0. The lowest BCUT2D eigenvalue weighted by atomic mass is 9.81. The Hall–Kier alpha value is -2.95. The Labute approximate surface area is 220 Å². The molecule has 1 aliphatic rings. The van der Waals surface area contributed by atoms with Crippen LogP contribution in [-0.4, -0.2) is 34.6 Å². The van der Waals surface area contributed by atoms with Crippen LogP contribution in [0.15, 0.2) is 42.5 Å². The molecule has 0 unspecified atom stereocenters. The van der Waals surface area contributed by atoms with Crippen molar-refractivity contribution in [3.05, 3.63) is 64.2 Å². The molecule has 2 aromatic carbocycles. The van der Waals surface area contributed by atoms with Crippen molar-refractivity contribution in [2.45, 2.75) is 63.7 Å². The van der Waals surface area contributed by atoms with Gasteiger partial charge in [-0.25, -0.2) is 4.79 Å². The molecule has 3 N–H and O–H groups in total. The van der Waals surface area contributed by atoms with Crippen LogP contribution in [0, 0.1) is 11.8 Å². The number of halogens is 7. The normalized spacial score (nSPS) is 15.6. The zero-order valence-corrected chi connectivity index (χ0v) is 21.5. The number of hydrogen-bond acceptors (Lipinski definition) is 2. The number of nitrogens with one attached hydrogen (secondary N) is 1. The van der Waals surface area contributed by atoms with Crippen molar-refractivity contribution in [2.75, 3.05) is 5.32 Å². The molecule has 0 heterocycles. The van der Waals surface area contributed by atoms with Crippen molar-refractivity contribution in [3.8, 4) is 0 Å². The molecule has 1 saturated carbocycles. The van der Waals surface area contributed by atoms with Crippen LogP contribution >= 0.6 is 11.6 Å². The van der Waals surface area contributed by atoms with Crippen LogP contribution in [0.25, 0.3) is 0 Å². The number of anilines is 1. The van der Waals surface area contributed by atoms with Crippen molar-refractivity contribution in [2.24, 2.45) is 11.8 Å². The molecule has 1 fully saturated rings. The average molecular weight is 568 g/mol. The Bertz CT molecular complexity index is 1120. The maximum Gasteiger partial charge on any atom is 0.503 e. The minimum Gasteiger partial charge on any atom is -0.450 e. The summed E-state index contributed by atoms with van der Waals surface area (Å²) in [4.78, 5) is 21.6. The summed E-state index contributed by atoms with van der Waals surface area (Å²) in [6.45, 7) is 2.85. The van der Waals surface area contributed by atoms with Crippen LogP contribution in [-0.2, 0) is 16.6 Å². The molecule has 38 heavy (non-hydrogen) atoms. The molecule has 0 aliphatic heterocycles. The molecule has 2 aromatic rings. The van der Waals surface area contributed by atoms with Crippen LogP contribution in [0.5, 0.6) is 0 Å². The molecule has 0 bridgehead atoms. The molecular weight excluding hydrogens is 540 g/mol. The highest BCUT2D eigenvalue weighted by Gasteiger charge is 2.49. The quantitative estimate of drug-likeness (QED) is 0.294. The highest BCUT2D eigenvalue weighted by Crippen LogP contribution is 2.43. The van der Waals surface area contributed by atoms with Gasteiger partial charge in [-0.3, -0.25) is 4.79 Å². The molecule has 0 saturated heterocycles. The first-order valence-corrected chi connectivity index (χ1v) is 12.0. The van der Waals surface area contributed by atoms with Crippen LogP contribution in [0.3, 0.4) is 0 Å². The van der Waals surface area contributed by atoms with E-state index < -0.39 is 41.7 Å². The van der Waals surface area contributed by atoms with Gasteiger partial charge in [0.05, 0.1) is 28.0 Å². The number of carboxylic acid groups (broad SMARTS) is 2. The second-order valence-corrected chi connectivity index (χ2v) is 10.2. The van der Waals surface area contributed by atoms with E-state index in [9.17, 15) is 31.1 Å². The minimum atomic E-state index is -4.70. The topological polar surface area (TPSA) is 86.6 Å². The monoisotopic (exact) mass is 567 g/mol. The maximum atomic E-state index is 13.6. The zero-order chi connectivity index (χ0) is 29.1. The van der Waals surface area contributed by atoms with E-state index in [1.54, 1.807) is 12.1 Å². The van der Waals surface area contributed by atoms with Gasteiger partial charge in [0.1, 0.15) is 0 Å². The van der Waals surface area contributed by atoms with Crippen molar-refractivity contribution in [3.63, 3.8) is 0 Å². The van der Waals surface area contributed by atoms with Crippen molar-refractivity contribution >= 4 is 29.4 Å². The molecule has 210 valence electrons. The summed E-state index contributed by atoms with van der Waals surface area (Å²) in [5.41, 5.74) is -1.22. The molecule has 5 nitrogen and oxygen atoms in total. The zero-order valence-electron chi connectivity index (χ0n) is 20.8. The van der Waals surface area contributed by atoms with E-state index in [0.717, 1.165) is 69.9 Å². The average Bonchev–Trinajstić information content (AvgIpc) is 3.59. The first-order valence-electron chi connectivity index (χ1n) is 11.6. The molecule has 0 aromatic heterocycles. The number of amides is 1. The minimum absolute atomic E-state index is 0.0330. The SMILES string of the molecule is C[C@H]([C@H](C(=O)Nc1cc(CC2CC2)ccc1Cl)c1ccc(C(C)(C)C(F)(F)F)cc1)C(F)(F)F.O=C(O)O. The van der Waals surface area contributed by atoms with Crippen LogP contribution < -0.4 is 5.32 Å². The summed E-state index contributed by atoms with van der Waals surface area (Å²) in [6.07, 6.45) is -8.08. The van der Waals surface area contributed by atoms with Gasteiger partial charge in [0.2, 0.25) is 5.91 Å². The standard InChI is InChI=1S/C25H26ClF6NO.CH2O3/c1-14(24(27,28)29)21(17-7-9-18(10-8-17)23(2,3)25(30,31)32)22(34)33-20-13-16(6-11-19(20)26)12-15-4-5-15;2-1(3)4/h6-11,13-15,21H,4-5,12H2,1-3H3,(H,33,34);(H2,2,3,4)/t14-,21+;/m1./s1. The third-order valence-corrected chi connectivity index (χ3v) is 6.84. The number of alkyl halides is 6. The Morgan fingerprint density at radius 3 is 1.97 bits per heavy atom. The van der Waals surface area contributed by atoms with Gasteiger partial charge >= 0.3 is 18.5 Å². The van der Waals surface area contributed by atoms with E-state index in [1.165, 1.54) is 0 Å². The van der Waals surface area contributed by atoms with E-state index in [2.05, 4.69) is 5.32 Å². The molecule has 1 amide bonds. The van der Waals surface area contributed by atoms with Gasteiger partial charge < -0.3 is 15.5 Å². The van der Waals surface area contributed by atoms with E-state index in [-0.39, 0.29) is 21.8 Å². The van der Waals surface area contributed by atoms with Gasteiger partial charge in [-0.1, -0.05) is 48.9 Å². The fourth-order valence-electron chi connectivity index (χ4n) is 3.79. The van der Waals surface area contributed by atoms with Crippen molar-refractivity contribution in [1.29, 1.82) is 0 Å². The lowest BCUT2D eigenvalue weighted by Gasteiger charge is -2.29. The number of rotatable bonds is 7. The summed E-state index contributed by atoms with van der Waals surface area (Å²) in [5.74, 6) is -4.13. The Kier molecular flexibility index (Phi) is 9.74. The van der Waals surface area contributed by atoms with Crippen LogP contribution in [0.2, 0.25) is 5.02 Å². The van der Waals surface area contributed by atoms with Gasteiger partial charge in [-0.15, -0.1) is 0 Å². The maximum absolute atomic E-state index is 13.6. The largest absolute Gasteiger partial charge is 0.503 e. The number of carbonyl (C=O) groups is 2. The van der Waals surface area contributed by atoms with E-state index >= 15 is 0 Å². The van der Waals surface area contributed by atoms with Crippen molar-refractivity contribution in [1.82, 2.24) is 0 Å². The van der Waals surface area contributed by atoms with E-state index in [1.807, 2.05) is 6.07 Å². The van der Waals surface area contributed by atoms with E-state index in [0.29, 0.717) is 5.92 Å². The molecule has 0 spiro atoms. The fourth-order valence-corrected chi connectivity index (χ4v) is 3.95. The predicted octanol–water partition coefficient (Wildman–Crippen LogP) is 8.28. The molecule has 12 heteroatoms. The lowest BCUT2D eigenvalue weighted by Crippen LogP contribution is -2.36. The second kappa shape index (κ2) is 11.8. The van der Waals surface area contributed by atoms with Gasteiger partial charge in [0.25, 0.3) is 0 Å². The summed E-state index contributed by atoms with van der Waals surface area (Å²) in [7, 11) is 0. The van der Waals surface area contributed by atoms with Crippen LogP contribution in [0.4, 0.5) is 36.8 Å². The lowest BCUT2D eigenvalue weighted by molar-refractivity contribution is -0.180. The van der Waals surface area contributed by atoms with Gasteiger partial charge in [-0.05, 0) is 67.9 Å².